The van der Waals surface area contributed by atoms with E-state index in [0.717, 1.165) is 19.3 Å². The highest BCUT2D eigenvalue weighted by atomic mass is 16.2. The Balaban J connectivity index is 1.92. The maximum atomic E-state index is 12.1. The third-order valence-corrected chi connectivity index (χ3v) is 3.28. The zero-order valence-corrected chi connectivity index (χ0v) is 12.6. The lowest BCUT2D eigenvalue weighted by atomic mass is 10.1. The molecule has 3 N–H and O–H groups in total. The number of hydrogen-bond donors (Lipinski definition) is 3. The monoisotopic (exact) mass is 303 g/mol. The van der Waals surface area contributed by atoms with Gasteiger partial charge >= 0.3 is 0 Å². The molecule has 1 aliphatic rings. The molecule has 6 nitrogen and oxygen atoms in total. The molecular weight excluding hydrogens is 282 g/mol. The molecule has 1 aromatic rings. The first-order chi connectivity index (χ1) is 10.6. The third kappa shape index (κ3) is 4.87. The van der Waals surface area contributed by atoms with Crippen LogP contribution in [0.5, 0.6) is 0 Å². The van der Waals surface area contributed by atoms with E-state index in [9.17, 15) is 14.4 Å². The minimum Gasteiger partial charge on any atom is -0.349 e. The Morgan fingerprint density at radius 2 is 1.86 bits per heavy atom. The highest BCUT2D eigenvalue weighted by Crippen LogP contribution is 2.21. The number of carbonyl (C=O) groups excluding carboxylic acids is 3. The standard InChI is InChI=1S/C16H21N3O3/c1-2-5-14(20)17-10-15(21)19-13-7-4-3-6-12(13)16(22)18-11-8-9-11/h3-4,6-7,11H,2,5,8-10H2,1H3,(H,17,20)(H,18,22)(H,19,21). The Morgan fingerprint density at radius 1 is 1.14 bits per heavy atom. The van der Waals surface area contributed by atoms with Gasteiger partial charge in [0, 0.05) is 12.5 Å². The van der Waals surface area contributed by atoms with E-state index in [0.29, 0.717) is 17.7 Å². The number of rotatable bonds is 7. The molecule has 3 amide bonds. The Morgan fingerprint density at radius 3 is 2.55 bits per heavy atom. The number of amides is 3. The van der Waals surface area contributed by atoms with E-state index >= 15 is 0 Å². The van der Waals surface area contributed by atoms with Crippen LogP contribution >= 0.6 is 0 Å². The summed E-state index contributed by atoms with van der Waals surface area (Å²) in [6, 6.07) is 7.10. The average molecular weight is 303 g/mol. The second-order valence-electron chi connectivity index (χ2n) is 5.37. The van der Waals surface area contributed by atoms with Gasteiger partial charge in [-0.25, -0.2) is 0 Å². The van der Waals surface area contributed by atoms with Crippen molar-refractivity contribution in [1.82, 2.24) is 10.6 Å². The average Bonchev–Trinajstić information content (AvgIpc) is 3.30. The predicted molar refractivity (Wildman–Crippen MR) is 83.5 cm³/mol. The molecular formula is C16H21N3O3. The van der Waals surface area contributed by atoms with Crippen LogP contribution in [0.1, 0.15) is 43.0 Å². The summed E-state index contributed by atoms with van der Waals surface area (Å²) >= 11 is 0. The van der Waals surface area contributed by atoms with Crippen LogP contribution in [-0.4, -0.2) is 30.3 Å². The second kappa shape index (κ2) is 7.59. The van der Waals surface area contributed by atoms with Gasteiger partial charge in [-0.3, -0.25) is 14.4 Å². The number of anilines is 1. The molecule has 0 aromatic heterocycles. The molecule has 0 heterocycles. The number of hydrogen-bond acceptors (Lipinski definition) is 3. The molecule has 2 rings (SSSR count). The van der Waals surface area contributed by atoms with Crippen molar-refractivity contribution in [3.63, 3.8) is 0 Å². The molecule has 0 saturated heterocycles. The van der Waals surface area contributed by atoms with Gasteiger partial charge in [0.2, 0.25) is 11.8 Å². The van der Waals surface area contributed by atoms with Gasteiger partial charge in [0.15, 0.2) is 0 Å². The van der Waals surface area contributed by atoms with E-state index in [4.69, 9.17) is 0 Å². The number of para-hydroxylation sites is 1. The zero-order chi connectivity index (χ0) is 15.9. The molecule has 0 bridgehead atoms. The van der Waals surface area contributed by atoms with Crippen LogP contribution in [0.2, 0.25) is 0 Å². The minimum atomic E-state index is -0.351. The first-order valence-corrected chi connectivity index (χ1v) is 7.56. The van der Waals surface area contributed by atoms with Crippen LogP contribution in [0.15, 0.2) is 24.3 Å². The van der Waals surface area contributed by atoms with Gasteiger partial charge in [-0.15, -0.1) is 0 Å². The molecule has 0 radical (unpaired) electrons. The lowest BCUT2D eigenvalue weighted by Crippen LogP contribution is -2.33. The smallest absolute Gasteiger partial charge is 0.253 e. The molecule has 0 aliphatic heterocycles. The summed E-state index contributed by atoms with van der Waals surface area (Å²) in [5.41, 5.74) is 0.887. The van der Waals surface area contributed by atoms with Crippen LogP contribution in [0.3, 0.4) is 0 Å². The largest absolute Gasteiger partial charge is 0.349 e. The third-order valence-electron chi connectivity index (χ3n) is 3.28. The molecule has 6 heteroatoms. The van der Waals surface area contributed by atoms with Gasteiger partial charge < -0.3 is 16.0 Å². The van der Waals surface area contributed by atoms with E-state index in [2.05, 4.69) is 16.0 Å². The Labute approximate surface area is 129 Å². The van der Waals surface area contributed by atoms with E-state index in [1.54, 1.807) is 24.3 Å². The summed E-state index contributed by atoms with van der Waals surface area (Å²) in [7, 11) is 0. The summed E-state index contributed by atoms with van der Waals surface area (Å²) < 4.78 is 0. The van der Waals surface area contributed by atoms with Crippen LogP contribution in [0.25, 0.3) is 0 Å². The van der Waals surface area contributed by atoms with E-state index in [1.165, 1.54) is 0 Å². The molecule has 1 aliphatic carbocycles. The number of nitrogens with one attached hydrogen (secondary N) is 3. The topological polar surface area (TPSA) is 87.3 Å². The SMILES string of the molecule is CCCC(=O)NCC(=O)Nc1ccccc1C(=O)NC1CC1. The quantitative estimate of drug-likeness (QED) is 0.712. The minimum absolute atomic E-state index is 0.0998. The molecule has 1 saturated carbocycles. The van der Waals surface area contributed by atoms with Crippen molar-refractivity contribution in [3.05, 3.63) is 29.8 Å². The summed E-state index contributed by atoms with van der Waals surface area (Å²) in [5.74, 6) is -0.693. The lowest BCUT2D eigenvalue weighted by molar-refractivity contribution is -0.124. The Kier molecular flexibility index (Phi) is 5.52. The van der Waals surface area contributed by atoms with Crippen molar-refractivity contribution in [3.8, 4) is 0 Å². The fraction of sp³-hybridized carbons (Fsp3) is 0.438. The predicted octanol–water partition coefficient (Wildman–Crippen LogP) is 1.43. The van der Waals surface area contributed by atoms with Crippen molar-refractivity contribution < 1.29 is 14.4 Å². The summed E-state index contributed by atoms with van der Waals surface area (Å²) in [6.07, 6.45) is 3.14. The van der Waals surface area contributed by atoms with E-state index in [1.807, 2.05) is 6.92 Å². The molecule has 1 fully saturated rings. The maximum Gasteiger partial charge on any atom is 0.253 e. The molecule has 118 valence electrons. The molecule has 22 heavy (non-hydrogen) atoms. The van der Waals surface area contributed by atoms with Crippen molar-refractivity contribution in [2.45, 2.75) is 38.6 Å². The zero-order valence-electron chi connectivity index (χ0n) is 12.6. The van der Waals surface area contributed by atoms with E-state index < -0.39 is 0 Å². The van der Waals surface area contributed by atoms with Crippen molar-refractivity contribution in [2.24, 2.45) is 0 Å². The van der Waals surface area contributed by atoms with Crippen LogP contribution in [-0.2, 0) is 9.59 Å². The molecule has 0 unspecified atom stereocenters. The highest BCUT2D eigenvalue weighted by Gasteiger charge is 2.24. The first-order valence-electron chi connectivity index (χ1n) is 7.56. The Bertz CT molecular complexity index is 568. The van der Waals surface area contributed by atoms with Crippen LogP contribution in [0.4, 0.5) is 5.69 Å². The van der Waals surface area contributed by atoms with Crippen molar-refractivity contribution in [1.29, 1.82) is 0 Å². The van der Waals surface area contributed by atoms with Crippen LogP contribution in [0, 0.1) is 0 Å². The normalized spacial score (nSPS) is 13.3. The first kappa shape index (κ1) is 16.0. The lowest BCUT2D eigenvalue weighted by Gasteiger charge is -2.11. The molecule has 0 spiro atoms. The summed E-state index contributed by atoms with van der Waals surface area (Å²) in [6.45, 7) is 1.80. The number of benzene rings is 1. The van der Waals surface area contributed by atoms with Gasteiger partial charge in [-0.05, 0) is 31.4 Å². The van der Waals surface area contributed by atoms with Gasteiger partial charge in [0.05, 0.1) is 17.8 Å². The van der Waals surface area contributed by atoms with Crippen molar-refractivity contribution >= 4 is 23.4 Å². The maximum absolute atomic E-state index is 12.1. The number of carbonyl (C=O) groups is 3. The molecule has 1 aromatic carbocycles. The summed E-state index contributed by atoms with van der Waals surface area (Å²) in [5, 5.41) is 8.10. The van der Waals surface area contributed by atoms with Gasteiger partial charge in [-0.2, -0.15) is 0 Å². The molecule has 0 atom stereocenters. The fourth-order valence-corrected chi connectivity index (χ4v) is 1.97. The van der Waals surface area contributed by atoms with Gasteiger partial charge in [0.1, 0.15) is 0 Å². The van der Waals surface area contributed by atoms with Gasteiger partial charge in [0.25, 0.3) is 5.91 Å². The fourth-order valence-electron chi connectivity index (χ4n) is 1.97. The van der Waals surface area contributed by atoms with Gasteiger partial charge in [-0.1, -0.05) is 19.1 Å². The van der Waals surface area contributed by atoms with Crippen LogP contribution < -0.4 is 16.0 Å². The summed E-state index contributed by atoms with van der Waals surface area (Å²) in [4.78, 5) is 35.3. The van der Waals surface area contributed by atoms with E-state index in [-0.39, 0.29) is 30.3 Å². The Hall–Kier alpha value is -2.37. The second-order valence-corrected chi connectivity index (χ2v) is 5.37. The van der Waals surface area contributed by atoms with Crippen molar-refractivity contribution in [2.75, 3.05) is 11.9 Å². The highest BCUT2D eigenvalue weighted by molar-refractivity contribution is 6.04.